The lowest BCUT2D eigenvalue weighted by molar-refractivity contribution is -0.135. The number of amides is 2. The van der Waals surface area contributed by atoms with Crippen LogP contribution in [0.15, 0.2) is 63.1 Å². The number of aliphatic hydroxyl groups is 1. The molecule has 4 N–H and O–H groups in total. The van der Waals surface area contributed by atoms with Crippen LogP contribution in [0.25, 0.3) is 22.1 Å². The van der Waals surface area contributed by atoms with E-state index >= 15 is 4.39 Å². The van der Waals surface area contributed by atoms with Crippen molar-refractivity contribution in [2.75, 3.05) is 49.5 Å². The number of anilines is 3. The molecule has 356 valence electrons. The van der Waals surface area contributed by atoms with Crippen molar-refractivity contribution < 1.29 is 31.8 Å². The van der Waals surface area contributed by atoms with Crippen LogP contribution in [0, 0.1) is 18.7 Å². The van der Waals surface area contributed by atoms with Crippen LogP contribution in [0.1, 0.15) is 100 Å². The van der Waals surface area contributed by atoms with Gasteiger partial charge in [0.05, 0.1) is 22.7 Å². The quantitative estimate of drug-likeness (QED) is 0.104. The highest BCUT2D eigenvalue weighted by Gasteiger charge is 2.33. The largest absolute Gasteiger partial charge is 0.395 e. The zero-order chi connectivity index (χ0) is 46.6. The number of nitrogens with one attached hydrogen (secondary N) is 3. The van der Waals surface area contributed by atoms with E-state index < -0.39 is 39.5 Å². The van der Waals surface area contributed by atoms with Gasteiger partial charge in [0, 0.05) is 85.9 Å². The molecule has 2 amide bonds. The summed E-state index contributed by atoms with van der Waals surface area (Å²) in [5, 5.41) is 15.3. The summed E-state index contributed by atoms with van der Waals surface area (Å²) in [5.74, 6) is -0.188. The Kier molecular flexibility index (Phi) is 14.9. The molecule has 0 radical (unpaired) electrons. The van der Waals surface area contributed by atoms with Crippen LogP contribution in [0.5, 0.6) is 0 Å². The summed E-state index contributed by atoms with van der Waals surface area (Å²) in [6, 6.07) is 9.98. The Morgan fingerprint density at radius 1 is 0.969 bits per heavy atom. The van der Waals surface area contributed by atoms with E-state index in [9.17, 15) is 27.6 Å². The number of sulfonamides is 1. The number of carbonyl (C=O) groups excluding carboxylic acids is 2. The molecule has 17 nitrogen and oxygen atoms in total. The van der Waals surface area contributed by atoms with E-state index in [4.69, 9.17) is 5.11 Å². The number of imidazole rings is 1. The molecular formula is C46H67FN10O7S. The second-order valence-electron chi connectivity index (χ2n) is 17.5. The van der Waals surface area contributed by atoms with Crippen molar-refractivity contribution in [3.8, 4) is 0 Å². The first kappa shape index (κ1) is 47.5. The number of fused-ring (bicyclic) bond motifs is 2. The van der Waals surface area contributed by atoms with Gasteiger partial charge in [-0.25, -0.2) is 27.3 Å². The molecule has 2 aromatic carbocycles. The molecule has 0 spiro atoms. The number of halogens is 1. The molecular weight excluding hydrogens is 856 g/mol. The zero-order valence-corrected chi connectivity index (χ0v) is 38.7. The molecule has 2 unspecified atom stereocenters. The number of imide groups is 1. The number of nitrogens with zero attached hydrogens (tertiary/aromatic N) is 7. The second kappa shape index (κ2) is 20.3. The molecule has 3 fully saturated rings. The van der Waals surface area contributed by atoms with E-state index in [1.807, 2.05) is 13.8 Å². The van der Waals surface area contributed by atoms with Crippen molar-refractivity contribution in [2.24, 2.45) is 13.0 Å². The highest BCUT2D eigenvalue weighted by molar-refractivity contribution is 7.89. The predicted octanol–water partition coefficient (Wildman–Crippen LogP) is 5.76. The monoisotopic (exact) mass is 922 g/mol. The van der Waals surface area contributed by atoms with E-state index in [1.165, 1.54) is 66.5 Å². The molecule has 19 heteroatoms. The highest BCUT2D eigenvalue weighted by Crippen LogP contribution is 2.32. The average molecular weight is 923 g/mol. The van der Waals surface area contributed by atoms with Crippen molar-refractivity contribution in [3.05, 3.63) is 80.9 Å². The number of pyridine rings is 1. The number of aliphatic hydroxyl groups excluding tert-OH is 1. The molecule has 5 aromatic rings. The van der Waals surface area contributed by atoms with Gasteiger partial charge in [0.25, 0.3) is 5.56 Å². The van der Waals surface area contributed by atoms with Gasteiger partial charge in [-0.3, -0.25) is 38.3 Å². The molecule has 2 atom stereocenters. The Balaban J connectivity index is 0.000000284. The van der Waals surface area contributed by atoms with Crippen LogP contribution in [0.3, 0.4) is 0 Å². The molecule has 3 aromatic heterocycles. The van der Waals surface area contributed by atoms with Crippen LogP contribution in [-0.2, 0) is 26.7 Å². The van der Waals surface area contributed by atoms with Gasteiger partial charge in [0.2, 0.25) is 27.8 Å². The van der Waals surface area contributed by atoms with Gasteiger partial charge in [0.15, 0.2) is 5.82 Å². The Hall–Kier alpha value is -5.50. The van der Waals surface area contributed by atoms with Crippen LogP contribution in [0.4, 0.5) is 21.7 Å². The average Bonchev–Trinajstić information content (AvgIpc) is 3.55. The van der Waals surface area contributed by atoms with Crippen molar-refractivity contribution in [1.29, 1.82) is 0 Å². The van der Waals surface area contributed by atoms with Gasteiger partial charge >= 0.3 is 5.69 Å². The minimum absolute atomic E-state index is 0. The maximum Gasteiger partial charge on any atom is 0.329 e. The minimum atomic E-state index is -3.75. The van der Waals surface area contributed by atoms with Crippen LogP contribution >= 0.6 is 0 Å². The van der Waals surface area contributed by atoms with E-state index in [1.54, 1.807) is 48.9 Å². The third-order valence-electron chi connectivity index (χ3n) is 13.0. The molecule has 5 heterocycles. The number of piperazine rings is 1. The van der Waals surface area contributed by atoms with E-state index in [0.717, 1.165) is 56.9 Å². The Morgan fingerprint density at radius 2 is 1.69 bits per heavy atom. The molecule has 65 heavy (non-hydrogen) atoms. The second-order valence-corrected chi connectivity index (χ2v) is 19.2. The van der Waals surface area contributed by atoms with E-state index in [0.29, 0.717) is 34.1 Å². The first-order chi connectivity index (χ1) is 31.1. The fraction of sp³-hybridized carbons (Fsp3) is 0.522. The highest BCUT2D eigenvalue weighted by atomic mass is 32.2. The summed E-state index contributed by atoms with van der Waals surface area (Å²) in [7, 11) is -2.22. The lowest BCUT2D eigenvalue weighted by Crippen LogP contribution is -2.48. The fourth-order valence-electron chi connectivity index (χ4n) is 9.34. The van der Waals surface area contributed by atoms with Gasteiger partial charge in [-0.15, -0.1) is 0 Å². The number of aromatic nitrogens is 5. The van der Waals surface area contributed by atoms with Gasteiger partial charge < -0.3 is 15.3 Å². The number of aryl methyl sites for hydroxylation is 2. The lowest BCUT2D eigenvalue weighted by Gasteiger charge is -2.38. The van der Waals surface area contributed by atoms with Crippen LogP contribution < -0.4 is 31.5 Å². The van der Waals surface area contributed by atoms with E-state index in [-0.39, 0.29) is 51.6 Å². The lowest BCUT2D eigenvalue weighted by atomic mass is 9.89. The number of rotatable bonds is 13. The minimum Gasteiger partial charge on any atom is -0.395 e. The van der Waals surface area contributed by atoms with Crippen LogP contribution in [0.2, 0.25) is 0 Å². The Morgan fingerprint density at radius 3 is 2.35 bits per heavy atom. The SMILES string of the molecule is CCC(CC)n1c(=O)ccc2cnc(Nc3ccc(S(=O)(=O)NC(C)CO)cc3C)nc21.Cn1c(=O)n(C2CCC(=O)NC2=O)c2ccc(N3CCN(CC4CCCCC4)CC3)c(F)c21.[HH].[HH].[HH]. The summed E-state index contributed by atoms with van der Waals surface area (Å²) in [5.41, 5.74) is 2.41. The predicted molar refractivity (Wildman–Crippen MR) is 255 cm³/mol. The number of benzene rings is 2. The maximum absolute atomic E-state index is 15.7. The molecule has 8 rings (SSSR count). The Bertz CT molecular complexity index is 2790. The molecule has 1 aliphatic carbocycles. The molecule has 0 bridgehead atoms. The first-order valence-corrected chi connectivity index (χ1v) is 24.2. The topological polar surface area (TPSA) is 206 Å². The molecule has 1 saturated carbocycles. The summed E-state index contributed by atoms with van der Waals surface area (Å²) in [4.78, 5) is 63.0. The van der Waals surface area contributed by atoms with Gasteiger partial charge in [-0.1, -0.05) is 33.1 Å². The zero-order valence-electron chi connectivity index (χ0n) is 37.8. The van der Waals surface area contributed by atoms with Crippen molar-refractivity contribution in [1.82, 2.24) is 38.6 Å². The first-order valence-electron chi connectivity index (χ1n) is 22.7. The maximum atomic E-state index is 15.7. The molecule has 2 saturated heterocycles. The third-order valence-corrected chi connectivity index (χ3v) is 14.6. The van der Waals surface area contributed by atoms with Crippen LogP contribution in [-0.4, -0.2) is 99.3 Å². The van der Waals surface area contributed by atoms with Gasteiger partial charge in [0.1, 0.15) is 17.2 Å². The van der Waals surface area contributed by atoms with E-state index in [2.05, 4.69) is 35.1 Å². The summed E-state index contributed by atoms with van der Waals surface area (Å²) < 4.78 is 47.4. The van der Waals surface area contributed by atoms with Gasteiger partial charge in [-0.05, 0) is 93.8 Å². The number of hydrogen-bond acceptors (Lipinski definition) is 12. The number of piperidine rings is 1. The number of carbonyl (C=O) groups is 2. The van der Waals surface area contributed by atoms with Crippen molar-refractivity contribution in [3.63, 3.8) is 0 Å². The summed E-state index contributed by atoms with van der Waals surface area (Å²) in [6.45, 7) is 11.6. The third kappa shape index (κ3) is 10.3. The normalized spacial score (nSPS) is 18.2. The fourth-order valence-corrected chi connectivity index (χ4v) is 10.7. The van der Waals surface area contributed by atoms with Crippen molar-refractivity contribution >= 4 is 61.2 Å². The summed E-state index contributed by atoms with van der Waals surface area (Å²) in [6.07, 6.45) is 10.4. The molecule has 2 aliphatic heterocycles. The van der Waals surface area contributed by atoms with Gasteiger partial charge in [-0.2, -0.15) is 4.98 Å². The molecule has 3 aliphatic rings. The smallest absolute Gasteiger partial charge is 0.329 e. The van der Waals surface area contributed by atoms with Crippen molar-refractivity contribution in [2.45, 2.75) is 109 Å². The number of hydrogen-bond donors (Lipinski definition) is 4. The summed E-state index contributed by atoms with van der Waals surface area (Å²) >= 11 is 0. The standard InChI is InChI=1S/C24H32FN5O3.C22H29N5O4S.3H2/c1-27-22-18(30(24(27)33)19-9-10-20(31)26-23(19)32)8-7-17(21(22)25)29-13-11-28(12-14-29)15-16-5-3-2-4-6-16;1-5-17(6-2)27-20(29)10-7-16-12-23-22(25-21(16)27)24-19-9-8-18(11-14(19)3)32(30,31)26-15(4)13-28;;;/h7-8,16,19H,2-6,9-15H2,1H3,(H,26,31,32);7-12,15,17,26,28H,5-6,13H2,1-4H3,(H,23,24,25);3*1H. The Labute approximate surface area is 382 Å².